The van der Waals surface area contributed by atoms with Crippen LogP contribution >= 0.6 is 0 Å². The van der Waals surface area contributed by atoms with E-state index in [0.29, 0.717) is 51.0 Å². The van der Waals surface area contributed by atoms with Gasteiger partial charge in [0.1, 0.15) is 11.5 Å². The van der Waals surface area contributed by atoms with Crippen LogP contribution in [0.15, 0.2) is 42.5 Å². The van der Waals surface area contributed by atoms with E-state index in [-0.39, 0.29) is 12.5 Å². The normalized spacial score (nSPS) is 13.6. The standard InChI is InChI=1S/C28H41N3O5/c1-4-35-26-21-25(31-15-18-34-19-16-31)27(36-5-2)20-24(26)29-28(32)22-30(14-17-33-3)13-9-12-23-10-7-6-8-11-23/h6-8,10-11,20-21H,4-5,9,12-19,22H2,1-3H3,(H,29,32). The molecule has 1 amide bonds. The summed E-state index contributed by atoms with van der Waals surface area (Å²) in [6.07, 6.45) is 1.94. The third kappa shape index (κ3) is 8.69. The summed E-state index contributed by atoms with van der Waals surface area (Å²) in [5.41, 5.74) is 2.89. The van der Waals surface area contributed by atoms with Gasteiger partial charge in [0.25, 0.3) is 0 Å². The predicted molar refractivity (Wildman–Crippen MR) is 144 cm³/mol. The number of aryl methyl sites for hydroxylation is 1. The quantitative estimate of drug-likeness (QED) is 0.399. The summed E-state index contributed by atoms with van der Waals surface area (Å²) in [6.45, 7) is 10.2. The number of anilines is 2. The molecule has 36 heavy (non-hydrogen) atoms. The van der Waals surface area contributed by atoms with Crippen molar-refractivity contribution in [3.63, 3.8) is 0 Å². The van der Waals surface area contributed by atoms with E-state index in [4.69, 9.17) is 18.9 Å². The molecule has 0 atom stereocenters. The summed E-state index contributed by atoms with van der Waals surface area (Å²) in [7, 11) is 1.68. The van der Waals surface area contributed by atoms with Crippen LogP contribution in [0.4, 0.5) is 11.4 Å². The first-order valence-corrected chi connectivity index (χ1v) is 13.0. The highest BCUT2D eigenvalue weighted by atomic mass is 16.5. The van der Waals surface area contributed by atoms with E-state index in [1.54, 1.807) is 7.11 Å². The number of carbonyl (C=O) groups is 1. The monoisotopic (exact) mass is 499 g/mol. The number of hydrogen-bond acceptors (Lipinski definition) is 7. The van der Waals surface area contributed by atoms with Crippen LogP contribution in [0.3, 0.4) is 0 Å². The van der Waals surface area contributed by atoms with Gasteiger partial charge >= 0.3 is 0 Å². The van der Waals surface area contributed by atoms with Crippen molar-refractivity contribution in [3.8, 4) is 11.5 Å². The van der Waals surface area contributed by atoms with Gasteiger partial charge in [-0.2, -0.15) is 0 Å². The fraction of sp³-hybridized carbons (Fsp3) is 0.536. The molecule has 1 N–H and O–H groups in total. The molecule has 1 saturated heterocycles. The van der Waals surface area contributed by atoms with E-state index in [0.717, 1.165) is 43.9 Å². The number of ether oxygens (including phenoxy) is 4. The number of carbonyl (C=O) groups excluding carboxylic acids is 1. The van der Waals surface area contributed by atoms with E-state index >= 15 is 0 Å². The molecular weight excluding hydrogens is 458 g/mol. The lowest BCUT2D eigenvalue weighted by Crippen LogP contribution is -2.37. The second kappa shape index (κ2) is 15.3. The molecule has 1 aliphatic rings. The van der Waals surface area contributed by atoms with Crippen LogP contribution < -0.4 is 19.7 Å². The minimum atomic E-state index is -0.0895. The van der Waals surface area contributed by atoms with Crippen LogP contribution in [0, 0.1) is 0 Å². The maximum Gasteiger partial charge on any atom is 0.238 e. The maximum atomic E-state index is 13.1. The summed E-state index contributed by atoms with van der Waals surface area (Å²) in [5.74, 6) is 1.29. The number of nitrogens with one attached hydrogen (secondary N) is 1. The van der Waals surface area contributed by atoms with Crippen LogP contribution in [-0.4, -0.2) is 83.7 Å². The molecule has 0 spiro atoms. The van der Waals surface area contributed by atoms with Crippen molar-refractivity contribution in [2.75, 3.05) is 83.1 Å². The second-order valence-corrected chi connectivity index (χ2v) is 8.69. The molecule has 0 bridgehead atoms. The summed E-state index contributed by atoms with van der Waals surface area (Å²) in [4.78, 5) is 17.5. The topological polar surface area (TPSA) is 72.5 Å². The van der Waals surface area contributed by atoms with Crippen LogP contribution in [0.5, 0.6) is 11.5 Å². The highest BCUT2D eigenvalue weighted by Crippen LogP contribution is 2.39. The highest BCUT2D eigenvalue weighted by Gasteiger charge is 2.21. The Balaban J connectivity index is 1.69. The first kappa shape index (κ1) is 27.8. The van der Waals surface area contributed by atoms with Gasteiger partial charge < -0.3 is 29.2 Å². The molecule has 8 heteroatoms. The number of morpholine rings is 1. The lowest BCUT2D eigenvalue weighted by Gasteiger charge is -2.31. The van der Waals surface area contributed by atoms with E-state index in [1.807, 2.05) is 32.0 Å². The molecule has 2 aromatic carbocycles. The molecule has 0 unspecified atom stereocenters. The van der Waals surface area contributed by atoms with Gasteiger partial charge in [-0.15, -0.1) is 0 Å². The van der Waals surface area contributed by atoms with Crippen LogP contribution in [-0.2, 0) is 20.7 Å². The van der Waals surface area contributed by atoms with Crippen molar-refractivity contribution < 1.29 is 23.7 Å². The number of amides is 1. The highest BCUT2D eigenvalue weighted by molar-refractivity contribution is 5.94. The van der Waals surface area contributed by atoms with E-state index in [9.17, 15) is 4.79 Å². The van der Waals surface area contributed by atoms with Gasteiger partial charge in [0.2, 0.25) is 5.91 Å². The molecule has 1 aliphatic heterocycles. The zero-order chi connectivity index (χ0) is 25.6. The van der Waals surface area contributed by atoms with Gasteiger partial charge in [0.15, 0.2) is 0 Å². The number of rotatable bonds is 15. The fourth-order valence-corrected chi connectivity index (χ4v) is 4.28. The summed E-state index contributed by atoms with van der Waals surface area (Å²) in [6, 6.07) is 14.3. The Bertz CT molecular complexity index is 919. The summed E-state index contributed by atoms with van der Waals surface area (Å²) >= 11 is 0. The Kier molecular flexibility index (Phi) is 11.8. The molecule has 2 aromatic rings. The van der Waals surface area contributed by atoms with E-state index in [2.05, 4.69) is 39.4 Å². The largest absolute Gasteiger partial charge is 0.492 e. The summed E-state index contributed by atoms with van der Waals surface area (Å²) in [5, 5.41) is 3.07. The molecule has 0 aromatic heterocycles. The molecule has 0 aliphatic carbocycles. The van der Waals surface area contributed by atoms with Gasteiger partial charge in [-0.05, 0) is 38.8 Å². The smallest absolute Gasteiger partial charge is 0.238 e. The minimum Gasteiger partial charge on any atom is -0.492 e. The van der Waals surface area contributed by atoms with Crippen molar-refractivity contribution >= 4 is 17.3 Å². The van der Waals surface area contributed by atoms with E-state index < -0.39 is 0 Å². The van der Waals surface area contributed by atoms with Gasteiger partial charge in [0, 0.05) is 38.9 Å². The second-order valence-electron chi connectivity index (χ2n) is 8.69. The first-order valence-electron chi connectivity index (χ1n) is 13.0. The van der Waals surface area contributed by atoms with Gasteiger partial charge in [-0.25, -0.2) is 0 Å². The molecule has 0 radical (unpaired) electrons. The van der Waals surface area contributed by atoms with Gasteiger partial charge in [0.05, 0.1) is 51.0 Å². The van der Waals surface area contributed by atoms with Crippen molar-refractivity contribution in [1.29, 1.82) is 0 Å². The van der Waals surface area contributed by atoms with Crippen molar-refractivity contribution in [2.24, 2.45) is 0 Å². The van der Waals surface area contributed by atoms with Crippen LogP contribution in [0.2, 0.25) is 0 Å². The first-order chi connectivity index (χ1) is 17.6. The van der Waals surface area contributed by atoms with Gasteiger partial charge in [-0.3, -0.25) is 9.69 Å². The zero-order valence-corrected chi connectivity index (χ0v) is 22.0. The maximum absolute atomic E-state index is 13.1. The number of benzene rings is 2. The predicted octanol–water partition coefficient (Wildman–Crippen LogP) is 3.84. The third-order valence-corrected chi connectivity index (χ3v) is 6.05. The third-order valence-electron chi connectivity index (χ3n) is 6.05. The average Bonchev–Trinajstić information content (AvgIpc) is 2.90. The average molecular weight is 500 g/mol. The minimum absolute atomic E-state index is 0.0895. The molecule has 1 fully saturated rings. The Hall–Kier alpha value is -2.81. The van der Waals surface area contributed by atoms with Crippen molar-refractivity contribution in [1.82, 2.24) is 4.90 Å². The number of methoxy groups -OCH3 is 1. The summed E-state index contributed by atoms with van der Waals surface area (Å²) < 4.78 is 22.7. The Morgan fingerprint density at radius 3 is 2.44 bits per heavy atom. The molecule has 198 valence electrons. The molecule has 3 rings (SSSR count). The number of hydrogen-bond donors (Lipinski definition) is 1. The lowest BCUT2D eigenvalue weighted by atomic mass is 10.1. The molecular formula is C28H41N3O5. The fourth-order valence-electron chi connectivity index (χ4n) is 4.28. The van der Waals surface area contributed by atoms with Crippen LogP contribution in [0.1, 0.15) is 25.8 Å². The molecule has 1 heterocycles. The Morgan fingerprint density at radius 2 is 1.75 bits per heavy atom. The van der Waals surface area contributed by atoms with Gasteiger partial charge in [-0.1, -0.05) is 30.3 Å². The SMILES string of the molecule is CCOc1cc(N2CCOCC2)c(OCC)cc1NC(=O)CN(CCCc1ccccc1)CCOC. The van der Waals surface area contributed by atoms with Crippen molar-refractivity contribution in [3.05, 3.63) is 48.0 Å². The van der Waals surface area contributed by atoms with E-state index in [1.165, 1.54) is 5.56 Å². The Morgan fingerprint density at radius 1 is 1.03 bits per heavy atom. The molecule has 0 saturated carbocycles. The van der Waals surface area contributed by atoms with Crippen molar-refractivity contribution in [2.45, 2.75) is 26.7 Å². The number of nitrogens with zero attached hydrogens (tertiary/aromatic N) is 2. The zero-order valence-electron chi connectivity index (χ0n) is 22.0. The molecule has 8 nitrogen and oxygen atoms in total. The Labute approximate surface area is 215 Å². The van der Waals surface area contributed by atoms with Crippen LogP contribution in [0.25, 0.3) is 0 Å². The lowest BCUT2D eigenvalue weighted by molar-refractivity contribution is -0.117.